The monoisotopic (exact) mass is 364 g/mol. The zero-order valence-corrected chi connectivity index (χ0v) is 15.6. The van der Waals surface area contributed by atoms with E-state index < -0.39 is 0 Å². The average molecular weight is 364 g/mol. The topological polar surface area (TPSA) is 88.8 Å². The first-order chi connectivity index (χ1) is 12.5. The van der Waals surface area contributed by atoms with Gasteiger partial charge in [-0.1, -0.05) is 5.16 Å². The molecule has 1 aromatic heterocycles. The lowest BCUT2D eigenvalue weighted by Crippen LogP contribution is -2.53. The summed E-state index contributed by atoms with van der Waals surface area (Å²) < 4.78 is 10.4. The summed E-state index contributed by atoms with van der Waals surface area (Å²) in [4.78, 5) is 33.0. The molecule has 8 heteroatoms. The molecule has 2 amide bonds. The third-order valence-electron chi connectivity index (χ3n) is 5.27. The van der Waals surface area contributed by atoms with Crippen LogP contribution in [-0.2, 0) is 20.7 Å². The first-order valence-corrected chi connectivity index (χ1v) is 9.47. The van der Waals surface area contributed by atoms with Crippen LogP contribution in [0.1, 0.15) is 44.3 Å². The highest BCUT2D eigenvalue weighted by Crippen LogP contribution is 2.22. The number of aromatic nitrogens is 2. The Morgan fingerprint density at radius 2 is 2.04 bits per heavy atom. The molecule has 1 unspecified atom stereocenters. The number of likely N-dealkylation sites (tertiary alicyclic amines) is 1. The van der Waals surface area contributed by atoms with Gasteiger partial charge in [-0.25, -0.2) is 0 Å². The molecule has 2 fully saturated rings. The van der Waals surface area contributed by atoms with Gasteiger partial charge in [-0.2, -0.15) is 4.98 Å². The van der Waals surface area contributed by atoms with Crippen LogP contribution < -0.4 is 0 Å². The maximum absolute atomic E-state index is 12.8. The number of hydrogen-bond donors (Lipinski definition) is 0. The molecule has 26 heavy (non-hydrogen) atoms. The van der Waals surface area contributed by atoms with E-state index in [4.69, 9.17) is 9.26 Å². The molecule has 0 aromatic carbocycles. The lowest BCUT2D eigenvalue weighted by atomic mass is 9.96. The van der Waals surface area contributed by atoms with E-state index in [0.29, 0.717) is 44.4 Å². The molecule has 3 rings (SSSR count). The molecule has 0 N–H and O–H groups in total. The number of piperidine rings is 1. The molecule has 0 saturated carbocycles. The number of rotatable bonds is 5. The molecular weight excluding hydrogens is 336 g/mol. The fourth-order valence-electron chi connectivity index (χ4n) is 3.87. The van der Waals surface area contributed by atoms with E-state index in [2.05, 4.69) is 10.1 Å². The second-order valence-corrected chi connectivity index (χ2v) is 7.16. The number of nitrogens with zero attached hydrogens (tertiary/aromatic N) is 4. The molecule has 0 aliphatic carbocycles. The highest BCUT2D eigenvalue weighted by Gasteiger charge is 2.33. The van der Waals surface area contributed by atoms with E-state index in [1.165, 1.54) is 0 Å². The number of amides is 2. The van der Waals surface area contributed by atoms with Crippen molar-refractivity contribution in [1.82, 2.24) is 19.9 Å². The van der Waals surface area contributed by atoms with Crippen LogP contribution in [0.25, 0.3) is 0 Å². The van der Waals surface area contributed by atoms with E-state index in [9.17, 15) is 9.59 Å². The third kappa shape index (κ3) is 4.60. The molecular formula is C18H28N4O4. The normalized spacial score (nSPS) is 21.6. The molecule has 2 saturated heterocycles. The van der Waals surface area contributed by atoms with Crippen LogP contribution in [0.3, 0.4) is 0 Å². The van der Waals surface area contributed by atoms with Crippen molar-refractivity contribution in [2.75, 3.05) is 32.8 Å². The maximum atomic E-state index is 12.8. The van der Waals surface area contributed by atoms with E-state index >= 15 is 0 Å². The van der Waals surface area contributed by atoms with Gasteiger partial charge in [0.1, 0.15) is 0 Å². The largest absolute Gasteiger partial charge is 0.381 e. The molecule has 0 bridgehead atoms. The number of hydrogen-bond acceptors (Lipinski definition) is 6. The van der Waals surface area contributed by atoms with Crippen molar-refractivity contribution in [1.29, 1.82) is 0 Å². The van der Waals surface area contributed by atoms with Crippen LogP contribution in [0.15, 0.2) is 4.52 Å². The van der Waals surface area contributed by atoms with E-state index in [-0.39, 0.29) is 23.8 Å². The van der Waals surface area contributed by atoms with E-state index in [0.717, 1.165) is 32.2 Å². The molecule has 2 aliphatic rings. The van der Waals surface area contributed by atoms with Gasteiger partial charge in [0.25, 0.3) is 0 Å². The number of carbonyl (C=O) groups is 2. The van der Waals surface area contributed by atoms with Crippen molar-refractivity contribution in [2.24, 2.45) is 5.92 Å². The fourth-order valence-corrected chi connectivity index (χ4v) is 3.87. The second kappa shape index (κ2) is 8.62. The highest BCUT2D eigenvalue weighted by atomic mass is 16.5. The summed E-state index contributed by atoms with van der Waals surface area (Å²) >= 11 is 0. The summed E-state index contributed by atoms with van der Waals surface area (Å²) in [5.41, 5.74) is 0. The van der Waals surface area contributed by atoms with Crippen molar-refractivity contribution in [3.05, 3.63) is 11.7 Å². The van der Waals surface area contributed by atoms with Crippen molar-refractivity contribution in [3.8, 4) is 0 Å². The lowest BCUT2D eigenvalue weighted by Gasteiger charge is -2.40. The number of carbonyl (C=O) groups excluding carboxylic acids is 2. The number of ether oxygens (including phenoxy) is 1. The maximum Gasteiger partial charge on any atom is 0.225 e. The summed E-state index contributed by atoms with van der Waals surface area (Å²) in [6.45, 7) is 6.59. The Labute approximate surface area is 153 Å². The minimum Gasteiger partial charge on any atom is -0.381 e. The molecule has 2 aliphatic heterocycles. The molecule has 0 radical (unpaired) electrons. The Kier molecular flexibility index (Phi) is 6.24. The summed E-state index contributed by atoms with van der Waals surface area (Å²) in [5, 5.41) is 3.90. The van der Waals surface area contributed by atoms with E-state index in [1.807, 2.05) is 9.80 Å². The molecule has 0 spiro atoms. The highest BCUT2D eigenvalue weighted by molar-refractivity contribution is 5.79. The quantitative estimate of drug-likeness (QED) is 0.780. The zero-order valence-electron chi connectivity index (χ0n) is 15.6. The molecule has 1 atom stereocenters. The Balaban J connectivity index is 1.59. The van der Waals surface area contributed by atoms with E-state index in [1.54, 1.807) is 13.8 Å². The Hall–Kier alpha value is -1.96. The zero-order chi connectivity index (χ0) is 18.5. The summed E-state index contributed by atoms with van der Waals surface area (Å²) in [5.74, 6) is 1.45. The predicted octanol–water partition coefficient (Wildman–Crippen LogP) is 1.19. The fraction of sp³-hybridized carbons (Fsp3) is 0.778. The third-order valence-corrected chi connectivity index (χ3v) is 5.27. The minimum atomic E-state index is 0.0237. The van der Waals surface area contributed by atoms with Crippen LogP contribution in [0.4, 0.5) is 0 Å². The van der Waals surface area contributed by atoms with Crippen molar-refractivity contribution in [3.63, 3.8) is 0 Å². The van der Waals surface area contributed by atoms with Gasteiger partial charge in [-0.05, 0) is 25.7 Å². The Bertz CT molecular complexity index is 626. The van der Waals surface area contributed by atoms with Crippen LogP contribution in [0.2, 0.25) is 0 Å². The van der Waals surface area contributed by atoms with Gasteiger partial charge >= 0.3 is 0 Å². The van der Waals surface area contributed by atoms with Crippen molar-refractivity contribution < 1.29 is 18.8 Å². The van der Waals surface area contributed by atoms with Gasteiger partial charge in [0.15, 0.2) is 5.82 Å². The van der Waals surface area contributed by atoms with Gasteiger partial charge in [-0.3, -0.25) is 9.59 Å². The smallest absolute Gasteiger partial charge is 0.225 e. The van der Waals surface area contributed by atoms with Crippen LogP contribution in [0.5, 0.6) is 0 Å². The Morgan fingerprint density at radius 3 is 2.69 bits per heavy atom. The predicted molar refractivity (Wildman–Crippen MR) is 93.3 cm³/mol. The molecule has 1 aromatic rings. The van der Waals surface area contributed by atoms with Crippen molar-refractivity contribution in [2.45, 2.75) is 52.0 Å². The van der Waals surface area contributed by atoms with Crippen LogP contribution in [0, 0.1) is 12.8 Å². The molecule has 3 heterocycles. The minimum absolute atomic E-state index is 0.0237. The molecule has 144 valence electrons. The number of aryl methyl sites for hydroxylation is 1. The Morgan fingerprint density at radius 1 is 1.27 bits per heavy atom. The first kappa shape index (κ1) is 18.8. The summed E-state index contributed by atoms with van der Waals surface area (Å²) in [6, 6.07) is 0.0537. The molecule has 8 nitrogen and oxygen atoms in total. The van der Waals surface area contributed by atoms with Gasteiger partial charge in [-0.15, -0.1) is 0 Å². The first-order valence-electron chi connectivity index (χ1n) is 9.47. The van der Waals surface area contributed by atoms with Gasteiger partial charge in [0, 0.05) is 65.1 Å². The lowest BCUT2D eigenvalue weighted by molar-refractivity contribution is -0.143. The van der Waals surface area contributed by atoms with Gasteiger partial charge in [0.2, 0.25) is 17.7 Å². The standard InChI is InChI=1S/C18H28N4O4/c1-13-19-17(20-26-13)5-9-22(14(2)23)16-4-3-8-21(12-16)18(24)15-6-10-25-11-7-15/h15-16H,3-12H2,1-2H3. The van der Waals surface area contributed by atoms with Crippen LogP contribution >= 0.6 is 0 Å². The van der Waals surface area contributed by atoms with Crippen molar-refractivity contribution >= 4 is 11.8 Å². The summed E-state index contributed by atoms with van der Waals surface area (Å²) in [6.07, 6.45) is 4.00. The summed E-state index contributed by atoms with van der Waals surface area (Å²) in [7, 11) is 0. The van der Waals surface area contributed by atoms with Gasteiger partial charge < -0.3 is 19.1 Å². The SMILES string of the molecule is CC(=O)N(CCc1noc(C)n1)C1CCCN(C(=O)C2CCOCC2)C1. The average Bonchev–Trinajstić information content (AvgIpc) is 3.07. The second-order valence-electron chi connectivity index (χ2n) is 7.16. The van der Waals surface area contributed by atoms with Gasteiger partial charge in [0.05, 0.1) is 0 Å². The van der Waals surface area contributed by atoms with Crippen LogP contribution in [-0.4, -0.2) is 70.6 Å².